The molecule has 0 N–H and O–H groups in total. The summed E-state index contributed by atoms with van der Waals surface area (Å²) in [6, 6.07) is 16.8. The topological polar surface area (TPSA) is 9.23 Å². The summed E-state index contributed by atoms with van der Waals surface area (Å²) in [4.78, 5) is 0. The Kier molecular flexibility index (Phi) is 4.67. The number of alkyl halides is 2. The predicted molar refractivity (Wildman–Crippen MR) is 72.3 cm³/mol. The molecule has 0 spiro atoms. The molecule has 0 atom stereocenters. The zero-order valence-electron chi connectivity index (χ0n) is 10.3. The van der Waals surface area contributed by atoms with Gasteiger partial charge in [0.2, 0.25) is 0 Å². The van der Waals surface area contributed by atoms with Crippen molar-refractivity contribution < 1.29 is 13.5 Å². The van der Waals surface area contributed by atoms with Gasteiger partial charge in [0.15, 0.2) is 0 Å². The number of halogens is 2. The van der Waals surface area contributed by atoms with Crippen molar-refractivity contribution in [2.24, 2.45) is 0 Å². The molecule has 2 aromatic carbocycles. The lowest BCUT2D eigenvalue weighted by molar-refractivity contribution is 0.205. The van der Waals surface area contributed by atoms with Gasteiger partial charge < -0.3 is 4.74 Å². The Morgan fingerprint density at radius 1 is 0.947 bits per heavy atom. The lowest BCUT2D eigenvalue weighted by atomic mass is 10.2. The van der Waals surface area contributed by atoms with Crippen molar-refractivity contribution in [3.05, 3.63) is 71.8 Å². The zero-order valence-corrected chi connectivity index (χ0v) is 10.3. The molecule has 0 heterocycles. The van der Waals surface area contributed by atoms with E-state index in [1.54, 1.807) is 18.2 Å². The van der Waals surface area contributed by atoms with Crippen LogP contribution in [0, 0.1) is 0 Å². The Hall–Kier alpha value is -2.16. The molecule has 0 radical (unpaired) electrons. The van der Waals surface area contributed by atoms with Crippen LogP contribution in [0.15, 0.2) is 60.7 Å². The highest BCUT2D eigenvalue weighted by Crippen LogP contribution is 2.21. The van der Waals surface area contributed by atoms with E-state index in [0.717, 1.165) is 11.6 Å². The van der Waals surface area contributed by atoms with Crippen LogP contribution in [0.3, 0.4) is 0 Å². The van der Waals surface area contributed by atoms with E-state index in [4.69, 9.17) is 4.74 Å². The van der Waals surface area contributed by atoms with Crippen molar-refractivity contribution in [1.82, 2.24) is 0 Å². The van der Waals surface area contributed by atoms with E-state index in [0.29, 0.717) is 17.9 Å². The van der Waals surface area contributed by atoms with Crippen LogP contribution in [0.25, 0.3) is 6.08 Å². The molecule has 0 aromatic heterocycles. The van der Waals surface area contributed by atoms with Crippen LogP contribution in [-0.4, -0.2) is 6.43 Å². The van der Waals surface area contributed by atoms with Crippen molar-refractivity contribution in [1.29, 1.82) is 0 Å². The molecule has 0 saturated heterocycles. The summed E-state index contributed by atoms with van der Waals surface area (Å²) in [7, 11) is 0. The molecule has 1 nitrogen and oxygen atoms in total. The Bertz CT molecular complexity index is 535. The lowest BCUT2D eigenvalue weighted by Crippen LogP contribution is -1.96. The van der Waals surface area contributed by atoms with Crippen molar-refractivity contribution in [3.8, 4) is 5.75 Å². The molecule has 0 bridgehead atoms. The minimum absolute atomic E-state index is 0.417. The summed E-state index contributed by atoms with van der Waals surface area (Å²) in [5.41, 5.74) is 1.69. The highest BCUT2D eigenvalue weighted by molar-refractivity contribution is 5.57. The molecule has 0 aliphatic carbocycles. The maximum absolute atomic E-state index is 12.2. The van der Waals surface area contributed by atoms with E-state index < -0.39 is 6.43 Å². The van der Waals surface area contributed by atoms with Crippen molar-refractivity contribution in [2.45, 2.75) is 13.0 Å². The summed E-state index contributed by atoms with van der Waals surface area (Å²) in [6.45, 7) is 0.417. The Balaban J connectivity index is 2.08. The molecule has 0 amide bonds. The first-order valence-corrected chi connectivity index (χ1v) is 5.98. The van der Waals surface area contributed by atoms with E-state index in [-0.39, 0.29) is 0 Å². The number of rotatable bonds is 5. The standard InChI is InChI=1S/C16H14F2O/c17-16(18)11-10-14-8-4-5-9-15(14)19-12-13-6-2-1-3-7-13/h1-11,16H,12H2/b11-10+. The van der Waals surface area contributed by atoms with Gasteiger partial charge in [-0.25, -0.2) is 8.78 Å². The minimum atomic E-state index is -2.46. The van der Waals surface area contributed by atoms with Crippen molar-refractivity contribution >= 4 is 6.08 Å². The van der Waals surface area contributed by atoms with Gasteiger partial charge in [-0.05, 0) is 23.8 Å². The molecular weight excluding hydrogens is 246 g/mol. The summed E-state index contributed by atoms with van der Waals surface area (Å²) in [5.74, 6) is 0.600. The smallest absolute Gasteiger partial charge is 0.257 e. The third kappa shape index (κ3) is 4.21. The van der Waals surface area contributed by atoms with Gasteiger partial charge in [0.1, 0.15) is 12.4 Å². The van der Waals surface area contributed by atoms with E-state index in [1.165, 1.54) is 6.08 Å². The molecule has 3 heteroatoms. The van der Waals surface area contributed by atoms with Gasteiger partial charge in [0.05, 0.1) is 0 Å². The first-order chi connectivity index (χ1) is 9.25. The maximum Gasteiger partial charge on any atom is 0.257 e. The number of hydrogen-bond donors (Lipinski definition) is 0. The van der Waals surface area contributed by atoms with Gasteiger partial charge in [-0.2, -0.15) is 0 Å². The zero-order chi connectivity index (χ0) is 13.5. The molecule has 0 aliphatic heterocycles. The van der Waals surface area contributed by atoms with Crippen molar-refractivity contribution in [3.63, 3.8) is 0 Å². The first kappa shape index (κ1) is 13.3. The summed E-state index contributed by atoms with van der Waals surface area (Å²) in [6.07, 6.45) is -0.224. The van der Waals surface area contributed by atoms with Crippen LogP contribution < -0.4 is 4.74 Å². The van der Waals surface area contributed by atoms with E-state index >= 15 is 0 Å². The van der Waals surface area contributed by atoms with Crippen LogP contribution in [-0.2, 0) is 6.61 Å². The summed E-state index contributed by atoms with van der Waals surface area (Å²) < 4.78 is 30.0. The minimum Gasteiger partial charge on any atom is -0.488 e. The SMILES string of the molecule is FC(F)/C=C/c1ccccc1OCc1ccccc1. The number of allylic oxidation sites excluding steroid dienone is 1. The fourth-order valence-electron chi connectivity index (χ4n) is 1.66. The van der Waals surface area contributed by atoms with Crippen LogP contribution in [0.2, 0.25) is 0 Å². The molecular formula is C16H14F2O. The Morgan fingerprint density at radius 3 is 2.37 bits per heavy atom. The largest absolute Gasteiger partial charge is 0.488 e. The third-order valence-electron chi connectivity index (χ3n) is 2.58. The Labute approximate surface area is 111 Å². The third-order valence-corrected chi connectivity index (χ3v) is 2.58. The van der Waals surface area contributed by atoms with E-state index in [9.17, 15) is 8.78 Å². The highest BCUT2D eigenvalue weighted by atomic mass is 19.3. The Morgan fingerprint density at radius 2 is 1.63 bits per heavy atom. The second-order valence-electron chi connectivity index (χ2n) is 4.01. The first-order valence-electron chi connectivity index (χ1n) is 5.98. The number of benzene rings is 2. The van der Waals surface area contributed by atoms with Crippen molar-refractivity contribution in [2.75, 3.05) is 0 Å². The van der Waals surface area contributed by atoms with Gasteiger partial charge in [-0.15, -0.1) is 0 Å². The van der Waals surface area contributed by atoms with Gasteiger partial charge in [-0.3, -0.25) is 0 Å². The molecule has 0 aliphatic rings. The predicted octanol–water partition coefficient (Wildman–Crippen LogP) is 4.54. The van der Waals surface area contributed by atoms with Gasteiger partial charge in [0.25, 0.3) is 6.43 Å². The van der Waals surface area contributed by atoms with E-state index in [1.807, 2.05) is 36.4 Å². The summed E-state index contributed by atoms with van der Waals surface area (Å²) >= 11 is 0. The van der Waals surface area contributed by atoms with Crippen LogP contribution in [0.1, 0.15) is 11.1 Å². The quantitative estimate of drug-likeness (QED) is 0.766. The van der Waals surface area contributed by atoms with Crippen LogP contribution in [0.4, 0.5) is 8.78 Å². The number of ether oxygens (including phenoxy) is 1. The monoisotopic (exact) mass is 260 g/mol. The average Bonchev–Trinajstić information content (AvgIpc) is 2.45. The molecule has 19 heavy (non-hydrogen) atoms. The van der Waals surface area contributed by atoms with Crippen LogP contribution >= 0.6 is 0 Å². The molecule has 98 valence electrons. The highest BCUT2D eigenvalue weighted by Gasteiger charge is 2.02. The van der Waals surface area contributed by atoms with Gasteiger partial charge in [0, 0.05) is 5.56 Å². The molecule has 0 unspecified atom stereocenters. The fourth-order valence-corrected chi connectivity index (χ4v) is 1.66. The molecule has 2 aromatic rings. The molecule has 0 saturated carbocycles. The average molecular weight is 260 g/mol. The molecule has 2 rings (SSSR count). The normalized spacial score (nSPS) is 11.1. The number of para-hydroxylation sites is 1. The second kappa shape index (κ2) is 6.69. The van der Waals surface area contributed by atoms with Crippen LogP contribution in [0.5, 0.6) is 5.75 Å². The summed E-state index contributed by atoms with van der Waals surface area (Å²) in [5, 5.41) is 0. The fraction of sp³-hybridized carbons (Fsp3) is 0.125. The number of hydrogen-bond acceptors (Lipinski definition) is 1. The van der Waals surface area contributed by atoms with Gasteiger partial charge in [-0.1, -0.05) is 48.5 Å². The van der Waals surface area contributed by atoms with E-state index in [2.05, 4.69) is 0 Å². The second-order valence-corrected chi connectivity index (χ2v) is 4.01. The lowest BCUT2D eigenvalue weighted by Gasteiger charge is -2.09. The van der Waals surface area contributed by atoms with Gasteiger partial charge >= 0.3 is 0 Å². The maximum atomic E-state index is 12.2. The molecule has 0 fully saturated rings.